The average Bonchev–Trinajstić information content (AvgIpc) is 2.31. The van der Waals surface area contributed by atoms with Gasteiger partial charge in [0.2, 0.25) is 0 Å². The molecular weight excluding hydrogens is 258 g/mol. The average molecular weight is 266 g/mol. The van der Waals surface area contributed by atoms with Crippen LogP contribution >= 0.6 is 11.6 Å². The normalized spacial score (nSPS) is 10.1. The van der Waals surface area contributed by atoms with Gasteiger partial charge < -0.3 is 9.84 Å². The lowest BCUT2D eigenvalue weighted by Gasteiger charge is -2.06. The van der Waals surface area contributed by atoms with Crippen molar-refractivity contribution in [1.29, 1.82) is 0 Å². The number of halogens is 1. The first kappa shape index (κ1) is 12.2. The Bertz CT molecular complexity index is 583. The molecular formula is C12H8ClNO4. The molecule has 0 aliphatic heterocycles. The number of rotatable bonds is 3. The predicted molar refractivity (Wildman–Crippen MR) is 66.3 cm³/mol. The summed E-state index contributed by atoms with van der Waals surface area (Å²) in [6.45, 7) is 0. The third kappa shape index (κ3) is 2.89. The zero-order valence-corrected chi connectivity index (χ0v) is 9.79. The molecule has 5 nitrogen and oxygen atoms in total. The van der Waals surface area contributed by atoms with E-state index in [1.807, 2.05) is 0 Å². The third-order valence-electron chi connectivity index (χ3n) is 2.14. The van der Waals surface area contributed by atoms with Crippen LogP contribution in [-0.4, -0.2) is 10.0 Å². The Morgan fingerprint density at radius 2 is 1.78 bits per heavy atom. The number of non-ortho nitro benzene ring substituents is 1. The number of hydrogen-bond acceptors (Lipinski definition) is 4. The van der Waals surface area contributed by atoms with Crippen LogP contribution in [0.3, 0.4) is 0 Å². The lowest BCUT2D eigenvalue weighted by atomic mass is 10.3. The van der Waals surface area contributed by atoms with E-state index < -0.39 is 4.92 Å². The lowest BCUT2D eigenvalue weighted by Crippen LogP contribution is -1.89. The quantitative estimate of drug-likeness (QED) is 0.678. The van der Waals surface area contributed by atoms with Gasteiger partial charge in [-0.15, -0.1) is 0 Å². The number of nitro groups is 1. The van der Waals surface area contributed by atoms with Crippen molar-refractivity contribution in [3.63, 3.8) is 0 Å². The summed E-state index contributed by atoms with van der Waals surface area (Å²) in [6, 6.07) is 10.1. The molecule has 18 heavy (non-hydrogen) atoms. The summed E-state index contributed by atoms with van der Waals surface area (Å²) < 4.78 is 5.38. The van der Waals surface area contributed by atoms with Crippen LogP contribution in [0.25, 0.3) is 0 Å². The molecule has 0 heterocycles. The molecule has 0 saturated heterocycles. The minimum absolute atomic E-state index is 0.184. The molecule has 2 aromatic carbocycles. The molecule has 0 aliphatic rings. The highest BCUT2D eigenvalue weighted by Gasteiger charge is 2.10. The van der Waals surface area contributed by atoms with Gasteiger partial charge in [-0.05, 0) is 24.3 Å². The maximum atomic E-state index is 10.6. The number of nitro benzene ring substituents is 1. The molecule has 0 atom stereocenters. The molecule has 92 valence electrons. The number of phenolic OH excluding ortho intramolecular Hbond substituents is 1. The van der Waals surface area contributed by atoms with E-state index in [-0.39, 0.29) is 17.2 Å². The number of aromatic hydroxyl groups is 1. The van der Waals surface area contributed by atoms with Gasteiger partial charge in [0.25, 0.3) is 5.69 Å². The molecule has 2 rings (SSSR count). The van der Waals surface area contributed by atoms with Gasteiger partial charge in [-0.2, -0.15) is 0 Å². The van der Waals surface area contributed by atoms with E-state index in [0.29, 0.717) is 10.8 Å². The van der Waals surface area contributed by atoms with Crippen LogP contribution in [0.4, 0.5) is 5.69 Å². The highest BCUT2D eigenvalue weighted by atomic mass is 35.5. The van der Waals surface area contributed by atoms with Gasteiger partial charge >= 0.3 is 0 Å². The summed E-state index contributed by atoms with van der Waals surface area (Å²) >= 11 is 5.72. The smallest absolute Gasteiger partial charge is 0.276 e. The number of ether oxygens (including phenoxy) is 1. The van der Waals surface area contributed by atoms with E-state index in [4.69, 9.17) is 16.3 Å². The Hall–Kier alpha value is -2.27. The van der Waals surface area contributed by atoms with Crippen LogP contribution in [0.1, 0.15) is 0 Å². The molecule has 0 spiro atoms. The number of nitrogens with zero attached hydrogens (tertiary/aromatic N) is 1. The van der Waals surface area contributed by atoms with Gasteiger partial charge in [-0.25, -0.2) is 0 Å². The van der Waals surface area contributed by atoms with Crippen molar-refractivity contribution in [2.24, 2.45) is 0 Å². The summed E-state index contributed by atoms with van der Waals surface area (Å²) in [5.41, 5.74) is -0.237. The first-order valence-corrected chi connectivity index (χ1v) is 5.34. The van der Waals surface area contributed by atoms with E-state index in [2.05, 4.69) is 0 Å². The Kier molecular flexibility index (Phi) is 3.34. The molecule has 0 bridgehead atoms. The zero-order chi connectivity index (χ0) is 13.1. The van der Waals surface area contributed by atoms with Gasteiger partial charge in [0, 0.05) is 11.1 Å². The molecule has 0 amide bonds. The summed E-state index contributed by atoms with van der Waals surface area (Å²) in [6.07, 6.45) is 0. The Morgan fingerprint density at radius 1 is 1.11 bits per heavy atom. The lowest BCUT2D eigenvalue weighted by molar-refractivity contribution is -0.385. The van der Waals surface area contributed by atoms with Gasteiger partial charge in [0.1, 0.15) is 17.2 Å². The summed E-state index contributed by atoms with van der Waals surface area (Å²) in [7, 11) is 0. The number of benzene rings is 2. The Morgan fingerprint density at radius 3 is 2.39 bits per heavy atom. The van der Waals surface area contributed by atoms with Crippen LogP contribution in [0, 0.1) is 10.1 Å². The van der Waals surface area contributed by atoms with Crippen LogP contribution in [0.15, 0.2) is 42.5 Å². The Balaban J connectivity index is 2.28. The van der Waals surface area contributed by atoms with Crippen molar-refractivity contribution in [1.82, 2.24) is 0 Å². The maximum absolute atomic E-state index is 10.6. The fourth-order valence-corrected chi connectivity index (χ4v) is 1.50. The van der Waals surface area contributed by atoms with E-state index in [0.717, 1.165) is 6.07 Å². The fraction of sp³-hybridized carbons (Fsp3) is 0. The minimum Gasteiger partial charge on any atom is -0.508 e. The van der Waals surface area contributed by atoms with Crippen molar-refractivity contribution in [2.45, 2.75) is 0 Å². The van der Waals surface area contributed by atoms with Gasteiger partial charge in [0.05, 0.1) is 17.1 Å². The zero-order valence-electron chi connectivity index (χ0n) is 9.04. The van der Waals surface area contributed by atoms with Crippen molar-refractivity contribution < 1.29 is 14.8 Å². The predicted octanol–water partition coefficient (Wildman–Crippen LogP) is 3.75. The third-order valence-corrected chi connectivity index (χ3v) is 2.39. The molecule has 0 aromatic heterocycles. The first-order valence-electron chi connectivity index (χ1n) is 4.96. The van der Waals surface area contributed by atoms with E-state index in [1.54, 1.807) is 24.3 Å². The summed E-state index contributed by atoms with van der Waals surface area (Å²) in [5, 5.41) is 20.5. The molecule has 1 N–H and O–H groups in total. The highest BCUT2D eigenvalue weighted by Crippen LogP contribution is 2.30. The van der Waals surface area contributed by atoms with Crippen molar-refractivity contribution in [3.05, 3.63) is 57.6 Å². The van der Waals surface area contributed by atoms with Crippen LogP contribution in [0.2, 0.25) is 5.02 Å². The largest absolute Gasteiger partial charge is 0.508 e. The second-order valence-electron chi connectivity index (χ2n) is 3.50. The molecule has 0 aliphatic carbocycles. The van der Waals surface area contributed by atoms with Crippen LogP contribution in [0.5, 0.6) is 17.2 Å². The topological polar surface area (TPSA) is 72.6 Å². The SMILES string of the molecule is O=[N+]([O-])c1cc(O)cc(Oc2ccc(Cl)cc2)c1. The standard InChI is InChI=1S/C12H8ClNO4/c13-8-1-3-11(4-2-8)18-12-6-9(14(16)17)5-10(15)7-12/h1-7,15H. The fourth-order valence-electron chi connectivity index (χ4n) is 1.37. The number of hydrogen-bond donors (Lipinski definition) is 1. The van der Waals surface area contributed by atoms with Gasteiger partial charge in [-0.1, -0.05) is 11.6 Å². The molecule has 0 unspecified atom stereocenters. The Labute approximate surface area is 107 Å². The van der Waals surface area contributed by atoms with Gasteiger partial charge in [-0.3, -0.25) is 10.1 Å². The molecule has 6 heteroatoms. The van der Waals surface area contributed by atoms with Crippen molar-refractivity contribution in [3.8, 4) is 17.2 Å². The molecule has 2 aromatic rings. The highest BCUT2D eigenvalue weighted by molar-refractivity contribution is 6.30. The first-order chi connectivity index (χ1) is 8.54. The van der Waals surface area contributed by atoms with Crippen molar-refractivity contribution in [2.75, 3.05) is 0 Å². The number of phenols is 1. The second kappa shape index (κ2) is 4.93. The van der Waals surface area contributed by atoms with Gasteiger partial charge in [0.15, 0.2) is 0 Å². The van der Waals surface area contributed by atoms with Crippen molar-refractivity contribution >= 4 is 17.3 Å². The van der Waals surface area contributed by atoms with Crippen LogP contribution in [-0.2, 0) is 0 Å². The minimum atomic E-state index is -0.603. The molecule has 0 fully saturated rings. The van der Waals surface area contributed by atoms with E-state index in [9.17, 15) is 15.2 Å². The second-order valence-corrected chi connectivity index (χ2v) is 3.93. The molecule has 0 saturated carbocycles. The summed E-state index contributed by atoms with van der Waals surface area (Å²) in [5.74, 6) is 0.427. The monoisotopic (exact) mass is 265 g/mol. The summed E-state index contributed by atoms with van der Waals surface area (Å²) in [4.78, 5) is 10.0. The molecule has 0 radical (unpaired) electrons. The van der Waals surface area contributed by atoms with E-state index >= 15 is 0 Å². The van der Waals surface area contributed by atoms with E-state index in [1.165, 1.54) is 12.1 Å². The maximum Gasteiger partial charge on any atom is 0.276 e. The van der Waals surface area contributed by atoms with Crippen LogP contribution < -0.4 is 4.74 Å².